The van der Waals surface area contributed by atoms with Gasteiger partial charge in [-0.2, -0.15) is 10.1 Å². The molecule has 0 aliphatic carbocycles. The summed E-state index contributed by atoms with van der Waals surface area (Å²) in [5.41, 5.74) is 1.22. The van der Waals surface area contributed by atoms with Gasteiger partial charge in [0.05, 0.1) is 11.7 Å². The second kappa shape index (κ2) is 8.43. The van der Waals surface area contributed by atoms with Crippen molar-refractivity contribution in [1.82, 2.24) is 25.1 Å². The monoisotopic (exact) mass is 424 g/mol. The molecule has 3 N–H and O–H groups in total. The zero-order valence-corrected chi connectivity index (χ0v) is 18.7. The zero-order chi connectivity index (χ0) is 22.1. The maximum atomic E-state index is 12.6. The molecule has 0 saturated carbocycles. The molecule has 1 fully saturated rings. The summed E-state index contributed by atoms with van der Waals surface area (Å²) < 4.78 is 7.43. The van der Waals surface area contributed by atoms with Gasteiger partial charge in [0.25, 0.3) is 5.56 Å². The summed E-state index contributed by atoms with van der Waals surface area (Å²) >= 11 is 0. The van der Waals surface area contributed by atoms with Crippen LogP contribution in [0.4, 0.5) is 5.95 Å². The number of ether oxygens (including phenoxy) is 1. The van der Waals surface area contributed by atoms with Crippen LogP contribution in [-0.2, 0) is 10.3 Å². The summed E-state index contributed by atoms with van der Waals surface area (Å²) in [7, 11) is 0. The average Bonchev–Trinajstić information content (AvgIpc) is 3.19. The molecule has 166 valence electrons. The lowest BCUT2D eigenvalue weighted by molar-refractivity contribution is 0.0389. The van der Waals surface area contributed by atoms with Crippen LogP contribution in [0.15, 0.2) is 41.3 Å². The number of nitrogens with zero attached hydrogens (tertiary/aromatic N) is 3. The Kier molecular flexibility index (Phi) is 5.85. The quantitative estimate of drug-likeness (QED) is 0.562. The molecule has 1 aliphatic rings. The summed E-state index contributed by atoms with van der Waals surface area (Å²) in [5, 5.41) is 12.1. The van der Waals surface area contributed by atoms with Gasteiger partial charge in [0.2, 0.25) is 5.95 Å². The summed E-state index contributed by atoms with van der Waals surface area (Å²) in [6.07, 6.45) is 3.34. The number of H-pyrrole nitrogens is 1. The summed E-state index contributed by atoms with van der Waals surface area (Å²) in [6, 6.07) is 10.6. The first-order valence-electron chi connectivity index (χ1n) is 10.9. The standard InChI is InChI=1S/C23H32N6O2/c1-16(17-8-6-5-7-9-17)28-23(10-12-31-13-11-23)15-24-21-26-19-18(20(30)27-21)14-25-29(19)22(2,3)4/h5-9,14,16,28H,10-13,15H2,1-4H3,(H2,24,26,27,30). The van der Waals surface area contributed by atoms with Crippen molar-refractivity contribution in [3.63, 3.8) is 0 Å². The van der Waals surface area contributed by atoms with Gasteiger partial charge in [0.15, 0.2) is 5.65 Å². The molecule has 1 atom stereocenters. The Morgan fingerprint density at radius 2 is 1.94 bits per heavy atom. The van der Waals surface area contributed by atoms with E-state index in [0.717, 1.165) is 12.8 Å². The first-order chi connectivity index (χ1) is 14.8. The second-order valence-corrected chi connectivity index (χ2v) is 9.40. The zero-order valence-electron chi connectivity index (χ0n) is 18.7. The molecular formula is C23H32N6O2. The first-order valence-corrected chi connectivity index (χ1v) is 10.9. The summed E-state index contributed by atoms with van der Waals surface area (Å²) in [4.78, 5) is 20.2. The molecule has 0 bridgehead atoms. The highest BCUT2D eigenvalue weighted by Crippen LogP contribution is 2.26. The van der Waals surface area contributed by atoms with E-state index in [4.69, 9.17) is 9.72 Å². The number of fused-ring (bicyclic) bond motifs is 1. The smallest absolute Gasteiger partial charge is 0.263 e. The molecule has 1 saturated heterocycles. The number of hydrogen-bond acceptors (Lipinski definition) is 6. The largest absolute Gasteiger partial charge is 0.381 e. The van der Waals surface area contributed by atoms with Crippen LogP contribution >= 0.6 is 0 Å². The third-order valence-electron chi connectivity index (χ3n) is 5.94. The molecular weight excluding hydrogens is 392 g/mol. The minimum atomic E-state index is -0.269. The Morgan fingerprint density at radius 3 is 2.61 bits per heavy atom. The minimum Gasteiger partial charge on any atom is -0.381 e. The van der Waals surface area contributed by atoms with Crippen LogP contribution in [0, 0.1) is 0 Å². The molecule has 0 amide bonds. The van der Waals surface area contributed by atoms with Crippen LogP contribution in [0.1, 0.15) is 52.1 Å². The van der Waals surface area contributed by atoms with Crippen molar-refractivity contribution >= 4 is 17.0 Å². The highest BCUT2D eigenvalue weighted by atomic mass is 16.5. The Hall–Kier alpha value is -2.71. The molecule has 8 nitrogen and oxygen atoms in total. The molecule has 1 aromatic carbocycles. The molecule has 1 unspecified atom stereocenters. The number of benzene rings is 1. The van der Waals surface area contributed by atoms with E-state index >= 15 is 0 Å². The van der Waals surface area contributed by atoms with Gasteiger partial charge in [-0.1, -0.05) is 30.3 Å². The van der Waals surface area contributed by atoms with E-state index in [-0.39, 0.29) is 22.7 Å². The van der Waals surface area contributed by atoms with E-state index in [2.05, 4.69) is 51.9 Å². The SMILES string of the molecule is CC(NC1(CNc2nc3c(cnn3C(C)(C)C)c(=O)[nH]2)CCOCC1)c1ccccc1. The highest BCUT2D eigenvalue weighted by Gasteiger charge is 2.34. The van der Waals surface area contributed by atoms with Gasteiger partial charge >= 0.3 is 0 Å². The normalized spacial score (nSPS) is 17.5. The van der Waals surface area contributed by atoms with Gasteiger partial charge in [-0.3, -0.25) is 9.78 Å². The second-order valence-electron chi connectivity index (χ2n) is 9.40. The molecule has 4 rings (SSSR count). The lowest BCUT2D eigenvalue weighted by Gasteiger charge is -2.40. The van der Waals surface area contributed by atoms with Crippen molar-refractivity contribution in [2.75, 3.05) is 25.1 Å². The fraction of sp³-hybridized carbons (Fsp3) is 0.522. The van der Waals surface area contributed by atoms with E-state index in [1.807, 2.05) is 26.8 Å². The predicted molar refractivity (Wildman–Crippen MR) is 122 cm³/mol. The van der Waals surface area contributed by atoms with E-state index in [0.29, 0.717) is 36.7 Å². The predicted octanol–water partition coefficient (Wildman–Crippen LogP) is 3.19. The Bertz CT molecular complexity index is 1080. The van der Waals surface area contributed by atoms with Crippen molar-refractivity contribution in [3.05, 3.63) is 52.4 Å². The van der Waals surface area contributed by atoms with Crippen LogP contribution in [0.3, 0.4) is 0 Å². The fourth-order valence-electron chi connectivity index (χ4n) is 4.16. The molecule has 3 heterocycles. The molecule has 0 spiro atoms. The van der Waals surface area contributed by atoms with E-state index in [9.17, 15) is 4.79 Å². The maximum absolute atomic E-state index is 12.6. The molecule has 8 heteroatoms. The van der Waals surface area contributed by atoms with Crippen LogP contribution < -0.4 is 16.2 Å². The lowest BCUT2D eigenvalue weighted by atomic mass is 9.88. The Labute approximate surface area is 182 Å². The van der Waals surface area contributed by atoms with Gasteiger partial charge in [-0.15, -0.1) is 0 Å². The lowest BCUT2D eigenvalue weighted by Crippen LogP contribution is -2.55. The summed E-state index contributed by atoms with van der Waals surface area (Å²) in [5.74, 6) is 0.462. The third-order valence-corrected chi connectivity index (χ3v) is 5.94. The van der Waals surface area contributed by atoms with Crippen molar-refractivity contribution in [3.8, 4) is 0 Å². The minimum absolute atomic E-state index is 0.161. The Morgan fingerprint density at radius 1 is 1.23 bits per heavy atom. The molecule has 3 aromatic rings. The average molecular weight is 425 g/mol. The van der Waals surface area contributed by atoms with Crippen LogP contribution in [0.25, 0.3) is 11.0 Å². The fourth-order valence-corrected chi connectivity index (χ4v) is 4.16. The van der Waals surface area contributed by atoms with Gasteiger partial charge in [-0.25, -0.2) is 4.68 Å². The highest BCUT2D eigenvalue weighted by molar-refractivity contribution is 5.74. The Balaban J connectivity index is 1.57. The van der Waals surface area contributed by atoms with Crippen molar-refractivity contribution in [2.24, 2.45) is 0 Å². The summed E-state index contributed by atoms with van der Waals surface area (Å²) in [6.45, 7) is 10.3. The first kappa shape index (κ1) is 21.5. The number of hydrogen-bond donors (Lipinski definition) is 3. The molecule has 0 radical (unpaired) electrons. The maximum Gasteiger partial charge on any atom is 0.263 e. The van der Waals surface area contributed by atoms with Gasteiger partial charge in [-0.05, 0) is 46.1 Å². The molecule has 1 aliphatic heterocycles. The van der Waals surface area contributed by atoms with Crippen LogP contribution in [0.2, 0.25) is 0 Å². The van der Waals surface area contributed by atoms with E-state index in [1.54, 1.807) is 10.9 Å². The number of rotatable bonds is 6. The van der Waals surface area contributed by atoms with E-state index in [1.165, 1.54) is 5.56 Å². The number of aromatic amines is 1. The topological polar surface area (TPSA) is 96.9 Å². The van der Waals surface area contributed by atoms with Gasteiger partial charge in [0, 0.05) is 31.3 Å². The number of anilines is 1. The van der Waals surface area contributed by atoms with Crippen molar-refractivity contribution in [2.45, 2.75) is 57.7 Å². The molecule has 31 heavy (non-hydrogen) atoms. The molecule has 2 aromatic heterocycles. The van der Waals surface area contributed by atoms with Crippen molar-refractivity contribution < 1.29 is 4.74 Å². The third kappa shape index (κ3) is 4.65. The number of nitrogens with one attached hydrogen (secondary N) is 3. The van der Waals surface area contributed by atoms with Crippen molar-refractivity contribution in [1.29, 1.82) is 0 Å². The van der Waals surface area contributed by atoms with Crippen LogP contribution in [-0.4, -0.2) is 45.0 Å². The van der Waals surface area contributed by atoms with Gasteiger partial charge in [0.1, 0.15) is 5.39 Å². The van der Waals surface area contributed by atoms with Gasteiger partial charge < -0.3 is 15.4 Å². The van der Waals surface area contributed by atoms with E-state index < -0.39 is 0 Å². The van der Waals surface area contributed by atoms with Crippen LogP contribution in [0.5, 0.6) is 0 Å². The number of aromatic nitrogens is 4.